The number of H-pyrrole nitrogens is 1. The number of fused-ring (bicyclic) bond motifs is 1. The molecule has 0 spiro atoms. The average molecular weight is 340 g/mol. The zero-order valence-corrected chi connectivity index (χ0v) is 12.6. The first-order valence-electron chi connectivity index (χ1n) is 7.21. The van der Waals surface area contributed by atoms with Crippen LogP contribution in [0.3, 0.4) is 0 Å². The van der Waals surface area contributed by atoms with Gasteiger partial charge in [0.15, 0.2) is 5.82 Å². The maximum atomic E-state index is 13.6. The molecule has 7 nitrogen and oxygen atoms in total. The number of nitrogens with zero attached hydrogens (tertiary/aromatic N) is 4. The van der Waals surface area contributed by atoms with Gasteiger partial charge in [0.05, 0.1) is 5.69 Å². The lowest BCUT2D eigenvalue weighted by Gasteiger charge is -2.04. The van der Waals surface area contributed by atoms with E-state index in [0.717, 1.165) is 23.8 Å². The largest absolute Gasteiger partial charge is 0.318 e. The van der Waals surface area contributed by atoms with Gasteiger partial charge in [0.2, 0.25) is 0 Å². The fraction of sp³-hybridized carbons (Fsp3) is 0. The number of anilines is 1. The molecule has 4 aromatic rings. The summed E-state index contributed by atoms with van der Waals surface area (Å²) in [5.41, 5.74) is 1.07. The number of carbonyl (C=O) groups is 1. The molecule has 0 aliphatic carbocycles. The van der Waals surface area contributed by atoms with Crippen LogP contribution in [-0.4, -0.2) is 30.5 Å². The Balaban J connectivity index is 1.65. The van der Waals surface area contributed by atoms with Crippen LogP contribution < -0.4 is 5.32 Å². The third kappa shape index (κ3) is 2.82. The molecule has 0 aliphatic heterocycles. The SMILES string of the molecule is O=C(Nc1cc(F)ccc1F)c1cn2cc(-c3nc[nH]n3)ccc2n1. The zero-order valence-electron chi connectivity index (χ0n) is 12.6. The number of amides is 1. The van der Waals surface area contributed by atoms with Gasteiger partial charge in [-0.05, 0) is 24.3 Å². The highest BCUT2D eigenvalue weighted by atomic mass is 19.1. The molecule has 3 heterocycles. The number of hydrogen-bond acceptors (Lipinski definition) is 4. The van der Waals surface area contributed by atoms with E-state index in [1.807, 2.05) is 0 Å². The number of rotatable bonds is 3. The van der Waals surface area contributed by atoms with Gasteiger partial charge in [-0.15, -0.1) is 0 Å². The molecule has 9 heteroatoms. The minimum absolute atomic E-state index is 0.0656. The van der Waals surface area contributed by atoms with E-state index in [9.17, 15) is 13.6 Å². The molecule has 1 aromatic carbocycles. The zero-order chi connectivity index (χ0) is 17.4. The topological polar surface area (TPSA) is 88.0 Å². The number of benzene rings is 1. The quantitative estimate of drug-likeness (QED) is 0.600. The summed E-state index contributed by atoms with van der Waals surface area (Å²) in [4.78, 5) is 20.5. The van der Waals surface area contributed by atoms with Crippen molar-refractivity contribution >= 4 is 17.2 Å². The van der Waals surface area contributed by atoms with Gasteiger partial charge in [-0.3, -0.25) is 9.89 Å². The van der Waals surface area contributed by atoms with Crippen molar-refractivity contribution in [1.29, 1.82) is 0 Å². The highest BCUT2D eigenvalue weighted by molar-refractivity contribution is 6.03. The van der Waals surface area contributed by atoms with Crippen molar-refractivity contribution < 1.29 is 13.6 Å². The fourth-order valence-electron chi connectivity index (χ4n) is 2.36. The summed E-state index contributed by atoms with van der Waals surface area (Å²) in [7, 11) is 0. The Morgan fingerprint density at radius 2 is 2.04 bits per heavy atom. The minimum atomic E-state index is -0.731. The molecule has 124 valence electrons. The summed E-state index contributed by atoms with van der Waals surface area (Å²) >= 11 is 0. The molecule has 0 saturated carbocycles. The Labute approximate surface area is 139 Å². The summed E-state index contributed by atoms with van der Waals surface area (Å²) in [5, 5.41) is 8.91. The van der Waals surface area contributed by atoms with E-state index in [0.29, 0.717) is 11.5 Å². The van der Waals surface area contributed by atoms with Crippen LogP contribution in [0, 0.1) is 11.6 Å². The smallest absolute Gasteiger partial charge is 0.275 e. The second-order valence-electron chi connectivity index (χ2n) is 5.21. The summed E-state index contributed by atoms with van der Waals surface area (Å²) in [6.07, 6.45) is 4.66. The molecule has 0 atom stereocenters. The van der Waals surface area contributed by atoms with E-state index in [1.54, 1.807) is 22.7 Å². The van der Waals surface area contributed by atoms with Crippen LogP contribution in [0.15, 0.2) is 49.1 Å². The predicted molar refractivity (Wildman–Crippen MR) is 84.9 cm³/mol. The Bertz CT molecular complexity index is 1070. The van der Waals surface area contributed by atoms with Crippen LogP contribution in [-0.2, 0) is 0 Å². The Morgan fingerprint density at radius 1 is 1.16 bits per heavy atom. The lowest BCUT2D eigenvalue weighted by atomic mass is 10.3. The first-order valence-corrected chi connectivity index (χ1v) is 7.21. The van der Waals surface area contributed by atoms with E-state index in [2.05, 4.69) is 25.5 Å². The number of hydrogen-bond donors (Lipinski definition) is 2. The van der Waals surface area contributed by atoms with Crippen molar-refractivity contribution in [2.45, 2.75) is 0 Å². The van der Waals surface area contributed by atoms with Gasteiger partial charge in [0.1, 0.15) is 29.3 Å². The molecule has 25 heavy (non-hydrogen) atoms. The van der Waals surface area contributed by atoms with Crippen LogP contribution in [0.1, 0.15) is 10.5 Å². The van der Waals surface area contributed by atoms with E-state index in [4.69, 9.17) is 0 Å². The third-order valence-electron chi connectivity index (χ3n) is 3.53. The Kier molecular flexibility index (Phi) is 3.46. The van der Waals surface area contributed by atoms with Crippen LogP contribution in [0.4, 0.5) is 14.5 Å². The van der Waals surface area contributed by atoms with E-state index >= 15 is 0 Å². The maximum Gasteiger partial charge on any atom is 0.275 e. The number of halogens is 2. The van der Waals surface area contributed by atoms with Crippen LogP contribution in [0.25, 0.3) is 17.0 Å². The van der Waals surface area contributed by atoms with Gasteiger partial charge in [-0.2, -0.15) is 5.10 Å². The predicted octanol–water partition coefficient (Wildman–Crippen LogP) is 2.65. The normalized spacial score (nSPS) is 11.0. The molecular weight excluding hydrogens is 330 g/mol. The molecule has 0 aliphatic rings. The van der Waals surface area contributed by atoms with Crippen molar-refractivity contribution in [3.8, 4) is 11.4 Å². The molecule has 0 saturated heterocycles. The number of aromatic amines is 1. The van der Waals surface area contributed by atoms with Gasteiger partial charge in [-0.25, -0.2) is 18.7 Å². The van der Waals surface area contributed by atoms with Crippen molar-refractivity contribution in [2.24, 2.45) is 0 Å². The number of nitrogens with one attached hydrogen (secondary N) is 2. The average Bonchev–Trinajstić information content (AvgIpc) is 3.26. The van der Waals surface area contributed by atoms with Crippen molar-refractivity contribution in [2.75, 3.05) is 5.32 Å². The summed E-state index contributed by atoms with van der Waals surface area (Å²) in [6, 6.07) is 6.29. The molecule has 2 N–H and O–H groups in total. The molecule has 3 aromatic heterocycles. The Hall–Kier alpha value is -3.62. The molecule has 0 radical (unpaired) electrons. The fourth-order valence-corrected chi connectivity index (χ4v) is 2.36. The molecule has 1 amide bonds. The highest BCUT2D eigenvalue weighted by Crippen LogP contribution is 2.18. The standard InChI is InChI=1S/C16H10F2N6O/c17-10-2-3-11(18)12(5-10)22-16(25)13-7-24-6-9(1-4-14(24)21-13)15-19-8-20-23-15/h1-8H,(H,22,25)(H,19,20,23). The molecule has 0 fully saturated rings. The van der Waals surface area contributed by atoms with Gasteiger partial charge in [0.25, 0.3) is 5.91 Å². The first-order chi connectivity index (χ1) is 12.1. The second-order valence-corrected chi connectivity index (χ2v) is 5.21. The van der Waals surface area contributed by atoms with E-state index < -0.39 is 17.5 Å². The van der Waals surface area contributed by atoms with Gasteiger partial charge >= 0.3 is 0 Å². The first kappa shape index (κ1) is 14.9. The minimum Gasteiger partial charge on any atom is -0.318 e. The maximum absolute atomic E-state index is 13.6. The monoisotopic (exact) mass is 340 g/mol. The van der Waals surface area contributed by atoms with Crippen LogP contribution in [0.5, 0.6) is 0 Å². The molecule has 4 rings (SSSR count). The van der Waals surface area contributed by atoms with Crippen LogP contribution in [0.2, 0.25) is 0 Å². The van der Waals surface area contributed by atoms with Gasteiger partial charge in [-0.1, -0.05) is 0 Å². The van der Waals surface area contributed by atoms with Gasteiger partial charge < -0.3 is 9.72 Å². The van der Waals surface area contributed by atoms with Crippen molar-refractivity contribution in [1.82, 2.24) is 24.6 Å². The highest BCUT2D eigenvalue weighted by Gasteiger charge is 2.14. The molecular formula is C16H10F2N6O. The number of pyridine rings is 1. The number of imidazole rings is 1. The van der Waals surface area contributed by atoms with E-state index in [1.165, 1.54) is 12.5 Å². The summed E-state index contributed by atoms with van der Waals surface area (Å²) in [5.74, 6) is -1.52. The van der Waals surface area contributed by atoms with Crippen molar-refractivity contribution in [3.63, 3.8) is 0 Å². The molecule has 0 bridgehead atoms. The Morgan fingerprint density at radius 3 is 2.84 bits per heavy atom. The summed E-state index contributed by atoms with van der Waals surface area (Å²) in [6.45, 7) is 0. The lowest BCUT2D eigenvalue weighted by molar-refractivity contribution is 0.102. The summed E-state index contributed by atoms with van der Waals surface area (Å²) < 4.78 is 28.5. The van der Waals surface area contributed by atoms with Gasteiger partial charge in [0, 0.05) is 24.0 Å². The lowest BCUT2D eigenvalue weighted by Crippen LogP contribution is -2.13. The van der Waals surface area contributed by atoms with Crippen LogP contribution >= 0.6 is 0 Å². The number of carbonyl (C=O) groups excluding carboxylic acids is 1. The molecule has 0 unspecified atom stereocenters. The second kappa shape index (κ2) is 5.78. The van der Waals surface area contributed by atoms with E-state index in [-0.39, 0.29) is 11.4 Å². The third-order valence-corrected chi connectivity index (χ3v) is 3.53. The number of aromatic nitrogens is 5. The van der Waals surface area contributed by atoms with Crippen molar-refractivity contribution in [3.05, 3.63) is 66.4 Å².